The number of carbonyl (C=O) groups is 1. The quantitative estimate of drug-likeness (QED) is 0.505. The fraction of sp³-hybridized carbons (Fsp3) is 0.481. The van der Waals surface area contributed by atoms with E-state index < -0.39 is 0 Å². The average Bonchev–Trinajstić information content (AvgIpc) is 2.76. The lowest BCUT2D eigenvalue weighted by atomic mass is 9.85. The molecule has 0 aliphatic carbocycles. The molecule has 1 unspecified atom stereocenters. The Morgan fingerprint density at radius 1 is 1.03 bits per heavy atom. The van der Waals surface area contributed by atoms with Crippen LogP contribution in [0.15, 0.2) is 48.5 Å². The summed E-state index contributed by atoms with van der Waals surface area (Å²) in [6, 6.07) is 19.1. The Kier molecular flexibility index (Phi) is 7.87. The number of rotatable bonds is 9. The Morgan fingerprint density at radius 3 is 2.48 bits per heavy atom. The van der Waals surface area contributed by atoms with Gasteiger partial charge in [0.15, 0.2) is 0 Å². The van der Waals surface area contributed by atoms with E-state index in [-0.39, 0.29) is 11.8 Å². The fourth-order valence-electron chi connectivity index (χ4n) is 4.73. The molecule has 0 saturated heterocycles. The van der Waals surface area contributed by atoms with Gasteiger partial charge in [0, 0.05) is 24.3 Å². The molecule has 0 N–H and O–H groups in total. The van der Waals surface area contributed by atoms with E-state index in [9.17, 15) is 10.1 Å². The standard InChI is InChI=1S/C27H35N3O/c1-20(2)29(21(3)4)15-8-5-9-16-30-26-14-7-6-12-24(26)18-25(27(30)31)23-13-10-11-22(17-23)19-28/h6-7,10-14,17,20-21,25H,5,8-9,15-16,18H2,1-4H3. The smallest absolute Gasteiger partial charge is 0.234 e. The van der Waals surface area contributed by atoms with Crippen LogP contribution in [0.3, 0.4) is 0 Å². The van der Waals surface area contributed by atoms with E-state index in [2.05, 4.69) is 50.8 Å². The van der Waals surface area contributed by atoms with Crippen molar-refractivity contribution in [2.75, 3.05) is 18.0 Å². The van der Waals surface area contributed by atoms with Crippen molar-refractivity contribution < 1.29 is 4.79 Å². The molecule has 0 radical (unpaired) electrons. The number of hydrogen-bond acceptors (Lipinski definition) is 3. The second kappa shape index (κ2) is 10.6. The molecule has 0 saturated carbocycles. The first-order valence-corrected chi connectivity index (χ1v) is 11.6. The molecule has 4 heteroatoms. The number of unbranched alkanes of at least 4 members (excludes halogenated alkanes) is 2. The van der Waals surface area contributed by atoms with Gasteiger partial charge in [0.2, 0.25) is 5.91 Å². The molecule has 3 rings (SSSR count). The molecular formula is C27H35N3O. The van der Waals surface area contributed by atoms with Gasteiger partial charge >= 0.3 is 0 Å². The van der Waals surface area contributed by atoms with E-state index in [4.69, 9.17) is 0 Å². The number of anilines is 1. The second-order valence-corrected chi connectivity index (χ2v) is 9.10. The Labute approximate surface area is 187 Å². The third-order valence-corrected chi connectivity index (χ3v) is 6.31. The van der Waals surface area contributed by atoms with Crippen LogP contribution in [0, 0.1) is 11.3 Å². The van der Waals surface area contributed by atoms with Crippen molar-refractivity contribution in [2.45, 2.75) is 71.4 Å². The summed E-state index contributed by atoms with van der Waals surface area (Å²) in [5, 5.41) is 9.26. The first-order valence-electron chi connectivity index (χ1n) is 11.6. The Morgan fingerprint density at radius 2 is 1.77 bits per heavy atom. The zero-order chi connectivity index (χ0) is 22.4. The molecule has 31 heavy (non-hydrogen) atoms. The summed E-state index contributed by atoms with van der Waals surface area (Å²) >= 11 is 0. The molecule has 2 aromatic carbocycles. The number of fused-ring (bicyclic) bond motifs is 1. The third-order valence-electron chi connectivity index (χ3n) is 6.31. The maximum atomic E-state index is 13.5. The number of para-hydroxylation sites is 1. The van der Waals surface area contributed by atoms with E-state index >= 15 is 0 Å². The van der Waals surface area contributed by atoms with E-state index in [1.165, 1.54) is 5.56 Å². The van der Waals surface area contributed by atoms with Crippen molar-refractivity contribution in [3.05, 3.63) is 65.2 Å². The SMILES string of the molecule is CC(C)N(CCCCCN1C(=O)C(c2cccc(C#N)c2)Cc2ccccc21)C(C)C. The summed E-state index contributed by atoms with van der Waals surface area (Å²) in [4.78, 5) is 18.0. The minimum absolute atomic E-state index is 0.153. The number of hydrogen-bond donors (Lipinski definition) is 0. The normalized spacial score (nSPS) is 16.1. The van der Waals surface area contributed by atoms with Gasteiger partial charge in [-0.15, -0.1) is 0 Å². The van der Waals surface area contributed by atoms with Crippen molar-refractivity contribution in [2.24, 2.45) is 0 Å². The first kappa shape index (κ1) is 23.0. The zero-order valence-corrected chi connectivity index (χ0v) is 19.3. The third kappa shape index (κ3) is 5.54. The minimum atomic E-state index is -0.222. The van der Waals surface area contributed by atoms with Gasteiger partial charge in [-0.3, -0.25) is 9.69 Å². The van der Waals surface area contributed by atoms with E-state index in [0.29, 0.717) is 24.1 Å². The van der Waals surface area contributed by atoms with Gasteiger partial charge in [0.25, 0.3) is 0 Å². The first-order chi connectivity index (χ1) is 14.9. The summed E-state index contributed by atoms with van der Waals surface area (Å²) in [5.41, 5.74) is 3.80. The molecule has 1 aliphatic heterocycles. The lowest BCUT2D eigenvalue weighted by molar-refractivity contribution is -0.120. The molecule has 0 fully saturated rings. The maximum absolute atomic E-state index is 13.5. The van der Waals surface area contributed by atoms with Gasteiger partial charge < -0.3 is 4.90 Å². The Bertz CT molecular complexity index is 920. The van der Waals surface area contributed by atoms with Crippen LogP contribution in [0.5, 0.6) is 0 Å². The predicted molar refractivity (Wildman–Crippen MR) is 127 cm³/mol. The van der Waals surface area contributed by atoms with E-state index in [1.54, 1.807) is 6.07 Å². The molecule has 0 aromatic heterocycles. The topological polar surface area (TPSA) is 47.3 Å². The van der Waals surface area contributed by atoms with Crippen LogP contribution in [0.2, 0.25) is 0 Å². The summed E-state index contributed by atoms with van der Waals surface area (Å²) in [7, 11) is 0. The lowest BCUT2D eigenvalue weighted by Gasteiger charge is -2.35. The van der Waals surface area contributed by atoms with Crippen LogP contribution in [0.1, 0.15) is 69.6 Å². The maximum Gasteiger partial charge on any atom is 0.234 e. The van der Waals surface area contributed by atoms with Crippen molar-refractivity contribution in [3.63, 3.8) is 0 Å². The van der Waals surface area contributed by atoms with E-state index in [0.717, 1.165) is 43.6 Å². The molecule has 1 amide bonds. The number of benzene rings is 2. The summed E-state index contributed by atoms with van der Waals surface area (Å²) in [5.74, 6) is -0.0691. The molecule has 0 spiro atoms. The highest BCUT2D eigenvalue weighted by Crippen LogP contribution is 2.36. The van der Waals surface area contributed by atoms with Crippen LogP contribution in [0.4, 0.5) is 5.69 Å². The highest BCUT2D eigenvalue weighted by molar-refractivity contribution is 6.01. The van der Waals surface area contributed by atoms with Gasteiger partial charge in [-0.25, -0.2) is 0 Å². The molecule has 1 heterocycles. The molecular weight excluding hydrogens is 382 g/mol. The predicted octanol–water partition coefficient (Wildman–Crippen LogP) is 5.52. The van der Waals surface area contributed by atoms with Gasteiger partial charge in [-0.05, 0) is 82.8 Å². The van der Waals surface area contributed by atoms with Gasteiger partial charge in [0.1, 0.15) is 0 Å². The average molecular weight is 418 g/mol. The van der Waals surface area contributed by atoms with Crippen molar-refractivity contribution in [3.8, 4) is 6.07 Å². The number of nitrogens with zero attached hydrogens (tertiary/aromatic N) is 3. The highest BCUT2D eigenvalue weighted by Gasteiger charge is 2.33. The van der Waals surface area contributed by atoms with Crippen LogP contribution < -0.4 is 4.90 Å². The van der Waals surface area contributed by atoms with Gasteiger partial charge in [0.05, 0.1) is 17.6 Å². The second-order valence-electron chi connectivity index (χ2n) is 9.10. The van der Waals surface area contributed by atoms with Crippen molar-refractivity contribution in [1.29, 1.82) is 5.26 Å². The van der Waals surface area contributed by atoms with Crippen LogP contribution >= 0.6 is 0 Å². The number of amides is 1. The molecule has 0 bridgehead atoms. The number of nitriles is 1. The lowest BCUT2D eigenvalue weighted by Crippen LogP contribution is -2.41. The summed E-state index contributed by atoms with van der Waals surface area (Å²) < 4.78 is 0. The Hall–Kier alpha value is -2.64. The van der Waals surface area contributed by atoms with E-state index in [1.807, 2.05) is 35.2 Å². The largest absolute Gasteiger partial charge is 0.312 e. The molecule has 1 aliphatic rings. The van der Waals surface area contributed by atoms with Crippen LogP contribution in [-0.4, -0.2) is 36.0 Å². The Balaban J connectivity index is 1.69. The zero-order valence-electron chi connectivity index (χ0n) is 19.3. The molecule has 2 aromatic rings. The molecule has 1 atom stereocenters. The van der Waals surface area contributed by atoms with Gasteiger partial charge in [-0.1, -0.05) is 36.8 Å². The number of carbonyl (C=O) groups excluding carboxylic acids is 1. The molecule has 164 valence electrons. The minimum Gasteiger partial charge on any atom is -0.312 e. The monoisotopic (exact) mass is 417 g/mol. The summed E-state index contributed by atoms with van der Waals surface area (Å²) in [6.45, 7) is 10.9. The van der Waals surface area contributed by atoms with Crippen molar-refractivity contribution in [1.82, 2.24) is 4.90 Å². The van der Waals surface area contributed by atoms with Crippen LogP contribution in [0.25, 0.3) is 0 Å². The van der Waals surface area contributed by atoms with Gasteiger partial charge in [-0.2, -0.15) is 5.26 Å². The highest BCUT2D eigenvalue weighted by atomic mass is 16.2. The van der Waals surface area contributed by atoms with Crippen LogP contribution in [-0.2, 0) is 11.2 Å². The molecule has 4 nitrogen and oxygen atoms in total. The fourth-order valence-corrected chi connectivity index (χ4v) is 4.73. The summed E-state index contributed by atoms with van der Waals surface area (Å²) in [6.07, 6.45) is 3.94. The van der Waals surface area contributed by atoms with Crippen molar-refractivity contribution >= 4 is 11.6 Å².